The summed E-state index contributed by atoms with van der Waals surface area (Å²) in [6.07, 6.45) is 0. The smallest absolute Gasteiger partial charge is 0.262 e. The largest absolute Gasteiger partial charge is 0.377 e. The Morgan fingerprint density at radius 2 is 1.85 bits per heavy atom. The molecule has 0 radical (unpaired) electrons. The van der Waals surface area contributed by atoms with E-state index in [2.05, 4.69) is 10.0 Å². The Morgan fingerprint density at radius 1 is 1.04 bits per heavy atom. The zero-order valence-electron chi connectivity index (χ0n) is 14.7. The summed E-state index contributed by atoms with van der Waals surface area (Å²) >= 11 is 0. The highest BCUT2D eigenvalue weighted by Crippen LogP contribution is 2.37. The lowest BCUT2D eigenvalue weighted by molar-refractivity contribution is 0.103. The molecule has 0 unspecified atom stereocenters. The quantitative estimate of drug-likeness (QED) is 0.680. The fraction of sp³-hybridized carbons (Fsp3) is 0.150. The molecule has 138 valence electrons. The van der Waals surface area contributed by atoms with Gasteiger partial charge in [0.15, 0.2) is 0 Å². The number of hydrogen-bond donors (Lipinski definition) is 2. The lowest BCUT2D eigenvalue weighted by Gasteiger charge is -2.14. The fourth-order valence-corrected chi connectivity index (χ4v) is 4.56. The predicted octanol–water partition coefficient (Wildman–Crippen LogP) is 3.74. The second-order valence-corrected chi connectivity index (χ2v) is 7.84. The highest BCUT2D eigenvalue weighted by molar-refractivity contribution is 7.93. The maximum atomic E-state index is 13.1. The van der Waals surface area contributed by atoms with Crippen molar-refractivity contribution >= 4 is 38.1 Å². The number of benzene rings is 3. The number of para-hydroxylation sites is 1. The van der Waals surface area contributed by atoms with Gasteiger partial charge in [-0.05, 0) is 31.2 Å². The Morgan fingerprint density at radius 3 is 2.67 bits per heavy atom. The zero-order valence-corrected chi connectivity index (χ0v) is 15.5. The van der Waals surface area contributed by atoms with Gasteiger partial charge < -0.3 is 10.1 Å². The third-order valence-corrected chi connectivity index (χ3v) is 5.93. The van der Waals surface area contributed by atoms with Crippen LogP contribution in [-0.4, -0.2) is 20.9 Å². The van der Waals surface area contributed by atoms with Gasteiger partial charge in [0.1, 0.15) is 0 Å². The molecule has 1 aliphatic heterocycles. The summed E-state index contributed by atoms with van der Waals surface area (Å²) < 4.78 is 34.3. The second kappa shape index (κ2) is 6.68. The van der Waals surface area contributed by atoms with E-state index in [1.165, 1.54) is 6.07 Å². The monoisotopic (exact) mass is 382 g/mol. The van der Waals surface area contributed by atoms with Crippen LogP contribution in [-0.2, 0) is 21.4 Å². The van der Waals surface area contributed by atoms with Gasteiger partial charge in [0, 0.05) is 34.2 Å². The van der Waals surface area contributed by atoms with Gasteiger partial charge >= 0.3 is 0 Å². The third kappa shape index (κ3) is 3.05. The van der Waals surface area contributed by atoms with Crippen molar-refractivity contribution in [2.75, 3.05) is 16.6 Å². The molecule has 27 heavy (non-hydrogen) atoms. The molecule has 0 saturated heterocycles. The molecule has 1 amide bonds. The molecule has 0 aliphatic carbocycles. The third-order valence-electron chi connectivity index (χ3n) is 4.51. The van der Waals surface area contributed by atoms with Crippen LogP contribution in [0, 0.1) is 0 Å². The lowest BCUT2D eigenvalue weighted by Crippen LogP contribution is -2.15. The van der Waals surface area contributed by atoms with Crippen LogP contribution >= 0.6 is 0 Å². The molecule has 6 nitrogen and oxygen atoms in total. The second-order valence-electron chi connectivity index (χ2n) is 6.19. The van der Waals surface area contributed by atoms with E-state index in [4.69, 9.17) is 4.74 Å². The van der Waals surface area contributed by atoms with Crippen LogP contribution in [0.1, 0.15) is 22.8 Å². The number of carbonyl (C=O) groups excluding carboxylic acids is 1. The lowest BCUT2D eigenvalue weighted by atomic mass is 10.1. The van der Waals surface area contributed by atoms with Gasteiger partial charge in [-0.15, -0.1) is 0 Å². The van der Waals surface area contributed by atoms with E-state index in [-0.39, 0.29) is 10.8 Å². The SMILES string of the molecule is CCOCc1ccccc1NS(=O)(=O)c1ccc2c3c(cccc13)C(=O)N2. The first-order chi connectivity index (χ1) is 13.0. The zero-order chi connectivity index (χ0) is 19.0. The van der Waals surface area contributed by atoms with Gasteiger partial charge in [-0.25, -0.2) is 8.42 Å². The van der Waals surface area contributed by atoms with Crippen molar-refractivity contribution in [3.63, 3.8) is 0 Å². The topological polar surface area (TPSA) is 84.5 Å². The highest BCUT2D eigenvalue weighted by Gasteiger charge is 2.26. The molecule has 0 bridgehead atoms. The molecule has 0 fully saturated rings. The average Bonchev–Trinajstić information content (AvgIpc) is 2.98. The normalized spacial score (nSPS) is 13.0. The van der Waals surface area contributed by atoms with E-state index >= 15 is 0 Å². The minimum absolute atomic E-state index is 0.130. The highest BCUT2D eigenvalue weighted by atomic mass is 32.2. The molecule has 1 heterocycles. The number of amides is 1. The molecule has 0 spiro atoms. The fourth-order valence-electron chi connectivity index (χ4n) is 3.25. The van der Waals surface area contributed by atoms with Crippen LogP contribution in [0.15, 0.2) is 59.5 Å². The van der Waals surface area contributed by atoms with E-state index in [1.807, 2.05) is 19.1 Å². The van der Waals surface area contributed by atoms with Crippen molar-refractivity contribution in [2.45, 2.75) is 18.4 Å². The number of rotatable bonds is 6. The van der Waals surface area contributed by atoms with E-state index < -0.39 is 10.0 Å². The van der Waals surface area contributed by atoms with E-state index in [0.29, 0.717) is 40.9 Å². The van der Waals surface area contributed by atoms with Crippen LogP contribution < -0.4 is 10.0 Å². The molecule has 7 heteroatoms. The minimum atomic E-state index is -3.86. The number of sulfonamides is 1. The Kier molecular flexibility index (Phi) is 4.33. The van der Waals surface area contributed by atoms with Crippen LogP contribution in [0.3, 0.4) is 0 Å². The van der Waals surface area contributed by atoms with Crippen molar-refractivity contribution in [3.05, 3.63) is 65.7 Å². The molecule has 0 saturated carbocycles. The van der Waals surface area contributed by atoms with Gasteiger partial charge in [0.05, 0.1) is 17.2 Å². The van der Waals surface area contributed by atoms with Crippen LogP contribution in [0.25, 0.3) is 10.8 Å². The van der Waals surface area contributed by atoms with Crippen LogP contribution in [0.2, 0.25) is 0 Å². The van der Waals surface area contributed by atoms with Crippen LogP contribution in [0.5, 0.6) is 0 Å². The average molecular weight is 382 g/mol. The molecule has 0 atom stereocenters. The number of carbonyl (C=O) groups is 1. The van der Waals surface area contributed by atoms with Crippen molar-refractivity contribution in [2.24, 2.45) is 0 Å². The Labute approximate surface area is 157 Å². The predicted molar refractivity (Wildman–Crippen MR) is 104 cm³/mol. The van der Waals surface area contributed by atoms with Crippen molar-refractivity contribution in [1.82, 2.24) is 0 Å². The first kappa shape index (κ1) is 17.5. The number of hydrogen-bond acceptors (Lipinski definition) is 4. The van der Waals surface area contributed by atoms with Crippen molar-refractivity contribution in [1.29, 1.82) is 0 Å². The first-order valence-electron chi connectivity index (χ1n) is 8.57. The van der Waals surface area contributed by atoms with Gasteiger partial charge in [0.2, 0.25) is 0 Å². The molecule has 2 N–H and O–H groups in total. The summed E-state index contributed by atoms with van der Waals surface area (Å²) in [7, 11) is -3.86. The standard InChI is InChI=1S/C20H18N2O4S/c1-2-26-12-13-6-3-4-9-16(13)22-27(24,25)18-11-10-17-19-14(18)7-5-8-15(19)20(23)21-17/h3-11,22H,2,12H2,1H3,(H,21,23). The molecule has 3 aromatic rings. The molecular weight excluding hydrogens is 364 g/mol. The molecular formula is C20H18N2O4S. The number of nitrogens with one attached hydrogen (secondary N) is 2. The Bertz CT molecular complexity index is 1160. The number of ether oxygens (including phenoxy) is 1. The summed E-state index contributed by atoms with van der Waals surface area (Å²) in [6.45, 7) is 2.74. The molecule has 1 aliphatic rings. The minimum Gasteiger partial charge on any atom is -0.377 e. The molecule has 0 aromatic heterocycles. The van der Waals surface area contributed by atoms with E-state index in [1.54, 1.807) is 36.4 Å². The summed E-state index contributed by atoms with van der Waals surface area (Å²) in [5.41, 5.74) is 2.34. The summed E-state index contributed by atoms with van der Waals surface area (Å²) in [5, 5.41) is 3.91. The maximum Gasteiger partial charge on any atom is 0.262 e. The molecule has 3 aromatic carbocycles. The van der Waals surface area contributed by atoms with Gasteiger partial charge in [-0.1, -0.05) is 30.3 Å². The van der Waals surface area contributed by atoms with Gasteiger partial charge in [-0.3, -0.25) is 9.52 Å². The van der Waals surface area contributed by atoms with Gasteiger partial charge in [0.25, 0.3) is 15.9 Å². The maximum absolute atomic E-state index is 13.1. The number of anilines is 2. The Hall–Kier alpha value is -2.90. The summed E-state index contributed by atoms with van der Waals surface area (Å²) in [5.74, 6) is -0.222. The van der Waals surface area contributed by atoms with E-state index in [9.17, 15) is 13.2 Å². The van der Waals surface area contributed by atoms with Gasteiger partial charge in [-0.2, -0.15) is 0 Å². The summed E-state index contributed by atoms with van der Waals surface area (Å²) in [6, 6.07) is 15.4. The van der Waals surface area contributed by atoms with E-state index in [0.717, 1.165) is 5.56 Å². The Balaban J connectivity index is 1.79. The summed E-state index contributed by atoms with van der Waals surface area (Å²) in [4.78, 5) is 12.2. The van der Waals surface area contributed by atoms with Crippen molar-refractivity contribution in [3.8, 4) is 0 Å². The first-order valence-corrected chi connectivity index (χ1v) is 10.0. The van der Waals surface area contributed by atoms with Crippen molar-refractivity contribution < 1.29 is 17.9 Å². The van der Waals surface area contributed by atoms with Crippen LogP contribution in [0.4, 0.5) is 11.4 Å². The molecule has 4 rings (SSSR count).